The zero-order chi connectivity index (χ0) is 14.5. The van der Waals surface area contributed by atoms with Gasteiger partial charge < -0.3 is 15.8 Å². The minimum absolute atomic E-state index is 0.0161. The van der Waals surface area contributed by atoms with Crippen molar-refractivity contribution in [3.8, 4) is 5.75 Å². The van der Waals surface area contributed by atoms with E-state index in [1.54, 1.807) is 7.11 Å². The summed E-state index contributed by atoms with van der Waals surface area (Å²) < 4.78 is 6.06. The van der Waals surface area contributed by atoms with E-state index in [4.69, 9.17) is 10.5 Å². The number of ether oxygens (including phenoxy) is 1. The van der Waals surface area contributed by atoms with Crippen LogP contribution in [0, 0.1) is 0 Å². The number of hydrogen-bond acceptors (Lipinski definition) is 3. The zero-order valence-electron chi connectivity index (χ0n) is 11.6. The van der Waals surface area contributed by atoms with Crippen molar-refractivity contribution in [2.24, 2.45) is 5.73 Å². The molecule has 0 aliphatic heterocycles. The average molecular weight is 329 g/mol. The number of carbonyl (C=O) groups excluding carboxylic acids is 1. The summed E-state index contributed by atoms with van der Waals surface area (Å²) in [6.07, 6.45) is 1.14. The highest BCUT2D eigenvalue weighted by Crippen LogP contribution is 2.25. The smallest absolute Gasteiger partial charge is 0.220 e. The molecule has 0 aliphatic rings. The molecule has 0 saturated carbocycles. The average Bonchev–Trinajstić information content (AvgIpc) is 2.36. The van der Waals surface area contributed by atoms with E-state index in [1.165, 1.54) is 0 Å². The van der Waals surface area contributed by atoms with Crippen LogP contribution in [0.4, 0.5) is 0 Å². The lowest BCUT2D eigenvalue weighted by atomic mass is 10.0. The highest BCUT2D eigenvalue weighted by Gasteiger charge is 2.17. The second kappa shape index (κ2) is 6.91. The topological polar surface area (TPSA) is 64.3 Å². The number of methoxy groups -OCH3 is 1. The third kappa shape index (κ3) is 5.20. The molecule has 1 amide bonds. The second-order valence-corrected chi connectivity index (χ2v) is 5.96. The van der Waals surface area contributed by atoms with Crippen LogP contribution in [0.5, 0.6) is 5.75 Å². The fourth-order valence-electron chi connectivity index (χ4n) is 1.61. The number of benzene rings is 1. The largest absolute Gasteiger partial charge is 0.496 e. The SMILES string of the molecule is COc1ccc(CCC(=O)NC(C)(C)CN)cc1Br. The Labute approximate surface area is 122 Å². The van der Waals surface area contributed by atoms with Gasteiger partial charge in [0.05, 0.1) is 11.6 Å². The molecule has 0 radical (unpaired) electrons. The van der Waals surface area contributed by atoms with Crippen LogP contribution < -0.4 is 15.8 Å². The van der Waals surface area contributed by atoms with E-state index in [1.807, 2.05) is 32.0 Å². The summed E-state index contributed by atoms with van der Waals surface area (Å²) in [6.45, 7) is 4.25. The van der Waals surface area contributed by atoms with Gasteiger partial charge in [0.15, 0.2) is 0 Å². The van der Waals surface area contributed by atoms with Crippen molar-refractivity contribution in [2.75, 3.05) is 13.7 Å². The van der Waals surface area contributed by atoms with Crippen molar-refractivity contribution in [2.45, 2.75) is 32.2 Å². The summed E-state index contributed by atoms with van der Waals surface area (Å²) in [5.74, 6) is 0.805. The van der Waals surface area contributed by atoms with Gasteiger partial charge >= 0.3 is 0 Å². The number of amides is 1. The Balaban J connectivity index is 2.53. The third-order valence-electron chi connectivity index (χ3n) is 2.85. The van der Waals surface area contributed by atoms with Gasteiger partial charge in [0.2, 0.25) is 5.91 Å². The molecule has 0 aliphatic carbocycles. The summed E-state index contributed by atoms with van der Waals surface area (Å²) in [5.41, 5.74) is 6.32. The summed E-state index contributed by atoms with van der Waals surface area (Å²) >= 11 is 3.43. The van der Waals surface area contributed by atoms with Crippen molar-refractivity contribution < 1.29 is 9.53 Å². The number of aryl methyl sites for hydroxylation is 1. The molecule has 0 heterocycles. The van der Waals surface area contributed by atoms with Crippen molar-refractivity contribution in [3.63, 3.8) is 0 Å². The normalized spacial score (nSPS) is 11.2. The maximum absolute atomic E-state index is 11.8. The molecule has 3 N–H and O–H groups in total. The molecule has 5 heteroatoms. The van der Waals surface area contributed by atoms with Gasteiger partial charge in [-0.2, -0.15) is 0 Å². The molecule has 1 rings (SSSR count). The van der Waals surface area contributed by atoms with E-state index in [0.29, 0.717) is 19.4 Å². The van der Waals surface area contributed by atoms with Gasteiger partial charge in [-0.3, -0.25) is 4.79 Å². The standard InChI is InChI=1S/C14H21BrN2O2/c1-14(2,9-16)17-13(18)7-5-10-4-6-12(19-3)11(15)8-10/h4,6,8H,5,7,9,16H2,1-3H3,(H,17,18). The monoisotopic (exact) mass is 328 g/mol. The Kier molecular flexibility index (Phi) is 5.82. The van der Waals surface area contributed by atoms with Crippen molar-refractivity contribution in [1.29, 1.82) is 0 Å². The number of nitrogens with two attached hydrogens (primary N) is 1. The fourth-order valence-corrected chi connectivity index (χ4v) is 2.20. The predicted octanol–water partition coefficient (Wildman–Crippen LogP) is 2.24. The zero-order valence-corrected chi connectivity index (χ0v) is 13.2. The molecular weight excluding hydrogens is 308 g/mol. The molecule has 4 nitrogen and oxygen atoms in total. The minimum Gasteiger partial charge on any atom is -0.496 e. The molecule has 106 valence electrons. The van der Waals surface area contributed by atoms with E-state index < -0.39 is 0 Å². The lowest BCUT2D eigenvalue weighted by Crippen LogP contribution is -2.48. The second-order valence-electron chi connectivity index (χ2n) is 5.11. The molecule has 0 saturated heterocycles. The van der Waals surface area contributed by atoms with Crippen LogP contribution in [0.1, 0.15) is 25.8 Å². The maximum Gasteiger partial charge on any atom is 0.220 e. The lowest BCUT2D eigenvalue weighted by Gasteiger charge is -2.24. The van der Waals surface area contributed by atoms with E-state index >= 15 is 0 Å². The van der Waals surface area contributed by atoms with E-state index in [-0.39, 0.29) is 11.4 Å². The molecular formula is C14H21BrN2O2. The minimum atomic E-state index is -0.350. The van der Waals surface area contributed by atoms with Crippen LogP contribution in [0.15, 0.2) is 22.7 Å². The summed E-state index contributed by atoms with van der Waals surface area (Å²) in [5, 5.41) is 2.91. The van der Waals surface area contributed by atoms with Crippen molar-refractivity contribution in [3.05, 3.63) is 28.2 Å². The van der Waals surface area contributed by atoms with E-state index in [9.17, 15) is 4.79 Å². The molecule has 0 fully saturated rings. The van der Waals surface area contributed by atoms with Gasteiger partial charge in [0, 0.05) is 18.5 Å². The highest BCUT2D eigenvalue weighted by atomic mass is 79.9. The molecule has 0 unspecified atom stereocenters. The Bertz CT molecular complexity index is 447. The molecule has 0 spiro atoms. The third-order valence-corrected chi connectivity index (χ3v) is 3.46. The number of nitrogens with one attached hydrogen (secondary N) is 1. The van der Waals surface area contributed by atoms with Crippen LogP contribution >= 0.6 is 15.9 Å². The summed E-state index contributed by atoms with van der Waals surface area (Å²) in [6, 6.07) is 5.83. The van der Waals surface area contributed by atoms with Crippen molar-refractivity contribution in [1.82, 2.24) is 5.32 Å². The van der Waals surface area contributed by atoms with Crippen LogP contribution in [0.3, 0.4) is 0 Å². The molecule has 1 aromatic carbocycles. The lowest BCUT2D eigenvalue weighted by molar-refractivity contribution is -0.122. The first-order valence-electron chi connectivity index (χ1n) is 6.21. The molecule has 0 atom stereocenters. The molecule has 0 aromatic heterocycles. The Morgan fingerprint density at radius 3 is 2.68 bits per heavy atom. The number of rotatable bonds is 6. The van der Waals surface area contributed by atoms with Crippen LogP contribution in [-0.4, -0.2) is 25.1 Å². The molecule has 19 heavy (non-hydrogen) atoms. The van der Waals surface area contributed by atoms with E-state index in [0.717, 1.165) is 15.8 Å². The fraction of sp³-hybridized carbons (Fsp3) is 0.500. The Morgan fingerprint density at radius 1 is 1.47 bits per heavy atom. The van der Waals surface area contributed by atoms with Crippen LogP contribution in [-0.2, 0) is 11.2 Å². The van der Waals surface area contributed by atoms with Gasteiger partial charge in [-0.15, -0.1) is 0 Å². The molecule has 0 bridgehead atoms. The number of halogens is 1. The van der Waals surface area contributed by atoms with Crippen LogP contribution in [0.25, 0.3) is 0 Å². The maximum atomic E-state index is 11.8. The number of hydrogen-bond donors (Lipinski definition) is 2. The summed E-state index contributed by atoms with van der Waals surface area (Å²) in [7, 11) is 1.63. The van der Waals surface area contributed by atoms with Gasteiger partial charge in [0.1, 0.15) is 5.75 Å². The summed E-state index contributed by atoms with van der Waals surface area (Å²) in [4.78, 5) is 11.8. The van der Waals surface area contributed by atoms with Crippen molar-refractivity contribution >= 4 is 21.8 Å². The number of carbonyl (C=O) groups is 1. The quantitative estimate of drug-likeness (QED) is 0.841. The Morgan fingerprint density at radius 2 is 2.16 bits per heavy atom. The first-order chi connectivity index (χ1) is 8.88. The first kappa shape index (κ1) is 16.0. The molecule has 1 aromatic rings. The van der Waals surface area contributed by atoms with Gasteiger partial charge in [-0.1, -0.05) is 6.07 Å². The van der Waals surface area contributed by atoms with Crippen LogP contribution in [0.2, 0.25) is 0 Å². The first-order valence-corrected chi connectivity index (χ1v) is 7.01. The van der Waals surface area contributed by atoms with Gasteiger partial charge in [-0.25, -0.2) is 0 Å². The Hall–Kier alpha value is -1.07. The van der Waals surface area contributed by atoms with Gasteiger partial charge in [0.25, 0.3) is 0 Å². The predicted molar refractivity (Wildman–Crippen MR) is 80.3 cm³/mol. The van der Waals surface area contributed by atoms with E-state index in [2.05, 4.69) is 21.2 Å². The highest BCUT2D eigenvalue weighted by molar-refractivity contribution is 9.10. The van der Waals surface area contributed by atoms with Gasteiger partial charge in [-0.05, 0) is 53.9 Å².